The molecule has 2 N–H and O–H groups in total. The van der Waals surface area contributed by atoms with Crippen LogP contribution in [0.15, 0.2) is 29.2 Å². The van der Waals surface area contributed by atoms with Crippen LogP contribution in [-0.2, 0) is 19.6 Å². The van der Waals surface area contributed by atoms with E-state index in [2.05, 4.69) is 10.6 Å². The molecule has 0 radical (unpaired) electrons. The summed E-state index contributed by atoms with van der Waals surface area (Å²) in [5.41, 5.74) is 0. The molecule has 31 heavy (non-hydrogen) atoms. The molecule has 0 saturated carbocycles. The lowest BCUT2D eigenvalue weighted by atomic mass is 9.94. The zero-order valence-corrected chi connectivity index (χ0v) is 19.9. The van der Waals surface area contributed by atoms with E-state index in [1.54, 1.807) is 12.1 Å². The van der Waals surface area contributed by atoms with Gasteiger partial charge in [0.2, 0.25) is 21.8 Å². The number of methoxy groups -OCH3 is 1. The monoisotopic (exact) mass is 453 g/mol. The zero-order valence-electron chi connectivity index (χ0n) is 19.1. The number of rotatable bonds is 9. The molecule has 0 bridgehead atoms. The van der Waals surface area contributed by atoms with E-state index in [1.807, 2.05) is 27.7 Å². The Kier molecular flexibility index (Phi) is 8.88. The smallest absolute Gasteiger partial charge is 0.243 e. The second-order valence-corrected chi connectivity index (χ2v) is 10.4. The largest absolute Gasteiger partial charge is 0.497 e. The summed E-state index contributed by atoms with van der Waals surface area (Å²) in [6.45, 7) is 8.09. The Morgan fingerprint density at radius 2 is 1.81 bits per heavy atom. The van der Waals surface area contributed by atoms with Gasteiger partial charge in [-0.25, -0.2) is 8.42 Å². The summed E-state index contributed by atoms with van der Waals surface area (Å²) in [5.74, 6) is -0.453. The number of nitrogens with zero attached hydrogens (tertiary/aromatic N) is 1. The van der Waals surface area contributed by atoms with Gasteiger partial charge in [0, 0.05) is 19.1 Å². The van der Waals surface area contributed by atoms with E-state index in [1.165, 1.54) is 23.5 Å². The molecule has 0 aliphatic carbocycles. The average Bonchev–Trinajstić information content (AvgIpc) is 2.76. The molecule has 1 aliphatic rings. The van der Waals surface area contributed by atoms with Crippen molar-refractivity contribution in [3.63, 3.8) is 0 Å². The Balaban J connectivity index is 2.12. The summed E-state index contributed by atoms with van der Waals surface area (Å²) in [6, 6.07) is 5.54. The molecule has 1 saturated heterocycles. The van der Waals surface area contributed by atoms with Gasteiger partial charge in [-0.3, -0.25) is 9.59 Å². The Morgan fingerprint density at radius 3 is 2.35 bits per heavy atom. The lowest BCUT2D eigenvalue weighted by Crippen LogP contribution is -2.54. The van der Waals surface area contributed by atoms with Crippen molar-refractivity contribution >= 4 is 21.8 Å². The third-order valence-electron chi connectivity index (χ3n) is 5.68. The first-order valence-corrected chi connectivity index (χ1v) is 12.3. The van der Waals surface area contributed by atoms with Crippen molar-refractivity contribution in [2.45, 2.75) is 63.9 Å². The molecule has 174 valence electrons. The Labute approximate surface area is 185 Å². The van der Waals surface area contributed by atoms with E-state index in [-0.39, 0.29) is 35.2 Å². The quantitative estimate of drug-likeness (QED) is 0.596. The summed E-state index contributed by atoms with van der Waals surface area (Å²) in [6.07, 6.45) is 1.90. The molecule has 8 nitrogen and oxygen atoms in total. The number of piperidine rings is 1. The number of amides is 2. The maximum Gasteiger partial charge on any atom is 0.243 e. The number of carbonyl (C=O) groups excluding carboxylic acids is 2. The number of benzene rings is 1. The van der Waals surface area contributed by atoms with Crippen LogP contribution in [0.25, 0.3) is 0 Å². The van der Waals surface area contributed by atoms with Gasteiger partial charge in [-0.1, -0.05) is 20.3 Å². The van der Waals surface area contributed by atoms with Crippen molar-refractivity contribution in [1.82, 2.24) is 14.9 Å². The van der Waals surface area contributed by atoms with Crippen LogP contribution in [0.5, 0.6) is 5.75 Å². The Hall–Kier alpha value is -2.13. The molecular weight excluding hydrogens is 418 g/mol. The van der Waals surface area contributed by atoms with E-state index in [9.17, 15) is 18.0 Å². The maximum atomic E-state index is 13.1. The third kappa shape index (κ3) is 6.43. The minimum atomic E-state index is -3.72. The highest BCUT2D eigenvalue weighted by atomic mass is 32.2. The Bertz CT molecular complexity index is 854. The summed E-state index contributed by atoms with van der Waals surface area (Å²) in [5, 5.41) is 5.74. The summed E-state index contributed by atoms with van der Waals surface area (Å²) < 4.78 is 32.5. The van der Waals surface area contributed by atoms with Crippen LogP contribution in [0.4, 0.5) is 0 Å². The second-order valence-electron chi connectivity index (χ2n) is 8.41. The number of hydrogen-bond acceptors (Lipinski definition) is 5. The van der Waals surface area contributed by atoms with Crippen molar-refractivity contribution in [3.05, 3.63) is 24.3 Å². The number of nitrogens with one attached hydrogen (secondary N) is 2. The summed E-state index contributed by atoms with van der Waals surface area (Å²) >= 11 is 0. The number of sulfonamides is 1. The Morgan fingerprint density at radius 1 is 1.16 bits per heavy atom. The number of carbonyl (C=O) groups is 2. The molecule has 1 aromatic rings. The molecule has 0 spiro atoms. The van der Waals surface area contributed by atoms with Gasteiger partial charge < -0.3 is 15.4 Å². The van der Waals surface area contributed by atoms with Gasteiger partial charge in [-0.2, -0.15) is 4.31 Å². The lowest BCUT2D eigenvalue weighted by molar-refractivity contribution is -0.133. The number of hydrogen-bond donors (Lipinski definition) is 2. The molecule has 2 rings (SSSR count). The minimum Gasteiger partial charge on any atom is -0.497 e. The minimum absolute atomic E-state index is 0.0317. The van der Waals surface area contributed by atoms with Gasteiger partial charge in [0.25, 0.3) is 0 Å². The molecule has 0 aromatic heterocycles. The van der Waals surface area contributed by atoms with E-state index >= 15 is 0 Å². The van der Waals surface area contributed by atoms with Gasteiger partial charge in [-0.05, 0) is 56.9 Å². The SMILES string of the molecule is CC[C@@H](C)[C@H](NC(=O)[C@@H]1CCCN(S(=O)(=O)c2ccc(OC)cc2)C1)C(=O)NC(C)C. The fourth-order valence-electron chi connectivity index (χ4n) is 3.62. The molecule has 1 fully saturated rings. The highest BCUT2D eigenvalue weighted by Crippen LogP contribution is 2.25. The van der Waals surface area contributed by atoms with Crippen LogP contribution in [0.3, 0.4) is 0 Å². The maximum absolute atomic E-state index is 13.1. The van der Waals surface area contributed by atoms with Gasteiger partial charge in [-0.15, -0.1) is 0 Å². The predicted octanol–water partition coefficient (Wildman–Crippen LogP) is 2.15. The lowest BCUT2D eigenvalue weighted by Gasteiger charge is -2.33. The van der Waals surface area contributed by atoms with Gasteiger partial charge in [0.05, 0.1) is 17.9 Å². The molecule has 1 heterocycles. The van der Waals surface area contributed by atoms with Crippen LogP contribution < -0.4 is 15.4 Å². The van der Waals surface area contributed by atoms with Gasteiger partial charge >= 0.3 is 0 Å². The summed E-state index contributed by atoms with van der Waals surface area (Å²) in [4.78, 5) is 25.7. The first-order valence-electron chi connectivity index (χ1n) is 10.8. The third-order valence-corrected chi connectivity index (χ3v) is 7.56. The summed E-state index contributed by atoms with van der Waals surface area (Å²) in [7, 11) is -2.20. The van der Waals surface area contributed by atoms with Crippen LogP contribution >= 0.6 is 0 Å². The van der Waals surface area contributed by atoms with Crippen molar-refractivity contribution in [2.24, 2.45) is 11.8 Å². The molecular formula is C22H35N3O5S. The number of ether oxygens (including phenoxy) is 1. The fourth-order valence-corrected chi connectivity index (χ4v) is 5.14. The van der Waals surface area contributed by atoms with Crippen LogP contribution in [-0.4, -0.2) is 56.8 Å². The topological polar surface area (TPSA) is 105 Å². The molecule has 3 atom stereocenters. The highest BCUT2D eigenvalue weighted by Gasteiger charge is 2.35. The standard InChI is InChI=1S/C22H35N3O5S/c1-6-16(4)20(22(27)23-15(2)3)24-21(26)17-8-7-13-25(14-17)31(28,29)19-11-9-18(30-5)10-12-19/h9-12,15-17,20H,6-8,13-14H2,1-5H3,(H,23,27)(H,24,26)/t16-,17-,20+/m1/s1. The van der Waals surface area contributed by atoms with Gasteiger partial charge in [0.1, 0.15) is 11.8 Å². The van der Waals surface area contributed by atoms with Crippen molar-refractivity contribution in [3.8, 4) is 5.75 Å². The molecule has 1 aromatic carbocycles. The van der Waals surface area contributed by atoms with Crippen LogP contribution in [0.2, 0.25) is 0 Å². The molecule has 0 unspecified atom stereocenters. The predicted molar refractivity (Wildman–Crippen MR) is 119 cm³/mol. The fraction of sp³-hybridized carbons (Fsp3) is 0.636. The average molecular weight is 454 g/mol. The van der Waals surface area contributed by atoms with Crippen LogP contribution in [0, 0.1) is 11.8 Å². The second kappa shape index (κ2) is 10.9. The molecule has 9 heteroatoms. The van der Waals surface area contributed by atoms with Crippen LogP contribution in [0.1, 0.15) is 47.0 Å². The highest BCUT2D eigenvalue weighted by molar-refractivity contribution is 7.89. The molecule has 2 amide bonds. The van der Waals surface area contributed by atoms with E-state index < -0.39 is 22.0 Å². The van der Waals surface area contributed by atoms with Crippen molar-refractivity contribution in [2.75, 3.05) is 20.2 Å². The van der Waals surface area contributed by atoms with Crippen molar-refractivity contribution < 1.29 is 22.7 Å². The van der Waals surface area contributed by atoms with E-state index in [0.29, 0.717) is 25.1 Å². The zero-order chi connectivity index (χ0) is 23.2. The van der Waals surface area contributed by atoms with E-state index in [0.717, 1.165) is 6.42 Å². The first-order chi connectivity index (χ1) is 14.6. The first kappa shape index (κ1) is 25.1. The van der Waals surface area contributed by atoms with Gasteiger partial charge in [0.15, 0.2) is 0 Å². The van der Waals surface area contributed by atoms with Crippen molar-refractivity contribution in [1.29, 1.82) is 0 Å². The molecule has 1 aliphatic heterocycles. The normalized spacial score (nSPS) is 19.5. The van der Waals surface area contributed by atoms with E-state index in [4.69, 9.17) is 4.74 Å².